The van der Waals surface area contributed by atoms with Crippen LogP contribution in [-0.2, 0) is 4.74 Å². The molecule has 16 heavy (non-hydrogen) atoms. The first-order chi connectivity index (χ1) is 7.88. The van der Waals surface area contributed by atoms with E-state index in [0.717, 1.165) is 45.4 Å². The number of piperidine rings is 1. The summed E-state index contributed by atoms with van der Waals surface area (Å²) < 4.78 is 5.36. The van der Waals surface area contributed by atoms with Crippen LogP contribution in [0, 0.1) is 0 Å². The molecule has 2 heterocycles. The summed E-state index contributed by atoms with van der Waals surface area (Å²) in [7, 11) is 0. The van der Waals surface area contributed by atoms with Crippen LogP contribution >= 0.6 is 0 Å². The molecule has 4 nitrogen and oxygen atoms in total. The van der Waals surface area contributed by atoms with E-state index in [0.29, 0.717) is 24.7 Å². The van der Waals surface area contributed by atoms with Crippen molar-refractivity contribution in [3.05, 3.63) is 0 Å². The molecule has 0 aromatic carbocycles. The average Bonchev–Trinajstić information content (AvgIpc) is 2.31. The van der Waals surface area contributed by atoms with Crippen LogP contribution in [0.25, 0.3) is 0 Å². The molecule has 0 amide bonds. The number of nitrogens with one attached hydrogen (secondary N) is 2. The quantitative estimate of drug-likeness (QED) is 0.646. The monoisotopic (exact) mass is 228 g/mol. The molecular formula is C12H24N2O2. The van der Waals surface area contributed by atoms with Crippen molar-refractivity contribution < 1.29 is 9.84 Å². The Hall–Kier alpha value is -0.160. The highest BCUT2D eigenvalue weighted by atomic mass is 16.5. The third kappa shape index (κ3) is 3.70. The number of rotatable bonds is 4. The highest BCUT2D eigenvalue weighted by Gasteiger charge is 2.24. The van der Waals surface area contributed by atoms with Gasteiger partial charge in [0.15, 0.2) is 0 Å². The highest BCUT2D eigenvalue weighted by molar-refractivity contribution is 4.85. The Kier molecular flexibility index (Phi) is 5.03. The van der Waals surface area contributed by atoms with E-state index in [-0.39, 0.29) is 0 Å². The summed E-state index contributed by atoms with van der Waals surface area (Å²) in [5, 5.41) is 16.2. The minimum atomic E-state index is 0.293. The van der Waals surface area contributed by atoms with Gasteiger partial charge < -0.3 is 20.5 Å². The molecule has 0 aliphatic carbocycles. The van der Waals surface area contributed by atoms with Crippen LogP contribution in [0.3, 0.4) is 0 Å². The fraction of sp³-hybridized carbons (Fsp3) is 1.00. The van der Waals surface area contributed by atoms with Gasteiger partial charge in [0.25, 0.3) is 0 Å². The largest absolute Gasteiger partial charge is 0.396 e. The van der Waals surface area contributed by atoms with Crippen molar-refractivity contribution in [1.82, 2.24) is 10.6 Å². The number of aliphatic hydroxyl groups excluding tert-OH is 1. The van der Waals surface area contributed by atoms with Gasteiger partial charge in [-0.2, -0.15) is 0 Å². The van der Waals surface area contributed by atoms with E-state index < -0.39 is 0 Å². The van der Waals surface area contributed by atoms with Gasteiger partial charge in [-0.15, -0.1) is 0 Å². The molecule has 2 saturated heterocycles. The normalized spacial score (nSPS) is 32.8. The van der Waals surface area contributed by atoms with E-state index in [4.69, 9.17) is 9.84 Å². The van der Waals surface area contributed by atoms with E-state index in [1.165, 1.54) is 6.42 Å². The first-order valence-electron chi connectivity index (χ1n) is 6.56. The van der Waals surface area contributed by atoms with Gasteiger partial charge in [-0.1, -0.05) is 0 Å². The van der Waals surface area contributed by atoms with Crippen molar-refractivity contribution in [2.45, 2.75) is 50.2 Å². The highest BCUT2D eigenvalue weighted by Crippen LogP contribution is 2.15. The lowest BCUT2D eigenvalue weighted by Crippen LogP contribution is -2.50. The smallest absolute Gasteiger partial charge is 0.0480 e. The summed E-state index contributed by atoms with van der Waals surface area (Å²) in [6, 6.07) is 1.77. The van der Waals surface area contributed by atoms with Crippen LogP contribution in [0.5, 0.6) is 0 Å². The lowest BCUT2D eigenvalue weighted by Gasteiger charge is -2.34. The van der Waals surface area contributed by atoms with Gasteiger partial charge in [-0.3, -0.25) is 0 Å². The predicted molar refractivity (Wildman–Crippen MR) is 63.5 cm³/mol. The molecule has 2 rings (SSSR count). The van der Waals surface area contributed by atoms with Crippen molar-refractivity contribution in [2.75, 3.05) is 26.4 Å². The van der Waals surface area contributed by atoms with Gasteiger partial charge in [0.1, 0.15) is 0 Å². The molecule has 0 spiro atoms. The first-order valence-corrected chi connectivity index (χ1v) is 6.56. The predicted octanol–water partition coefficient (Wildman–Crippen LogP) is 0.258. The fourth-order valence-electron chi connectivity index (χ4n) is 2.73. The zero-order chi connectivity index (χ0) is 11.2. The molecular weight excluding hydrogens is 204 g/mol. The van der Waals surface area contributed by atoms with Crippen molar-refractivity contribution >= 4 is 0 Å². The van der Waals surface area contributed by atoms with E-state index in [9.17, 15) is 0 Å². The molecule has 2 aliphatic heterocycles. The summed E-state index contributed by atoms with van der Waals surface area (Å²) in [5.74, 6) is 0. The average molecular weight is 228 g/mol. The SMILES string of the molecule is OCCC1CC(NC2CCOCC2)CCN1. The number of aliphatic hydroxyl groups is 1. The standard InChI is InChI=1S/C12H24N2O2/c15-6-2-11-9-12(1-5-13-11)14-10-3-7-16-8-4-10/h10-15H,1-9H2. The number of hydrogen-bond donors (Lipinski definition) is 3. The Morgan fingerprint density at radius 1 is 1.19 bits per heavy atom. The molecule has 2 aliphatic rings. The zero-order valence-electron chi connectivity index (χ0n) is 9.95. The number of hydrogen-bond acceptors (Lipinski definition) is 4. The molecule has 94 valence electrons. The van der Waals surface area contributed by atoms with Gasteiger partial charge >= 0.3 is 0 Å². The second-order valence-electron chi connectivity index (χ2n) is 4.94. The van der Waals surface area contributed by atoms with Gasteiger partial charge in [-0.05, 0) is 38.6 Å². The molecule has 2 atom stereocenters. The molecule has 2 unspecified atom stereocenters. The van der Waals surface area contributed by atoms with E-state index in [1.807, 2.05) is 0 Å². The molecule has 0 aromatic heterocycles. The van der Waals surface area contributed by atoms with E-state index in [2.05, 4.69) is 10.6 Å². The molecule has 0 radical (unpaired) electrons. The van der Waals surface area contributed by atoms with Crippen molar-refractivity contribution in [1.29, 1.82) is 0 Å². The van der Waals surface area contributed by atoms with Gasteiger partial charge in [0.05, 0.1) is 0 Å². The van der Waals surface area contributed by atoms with E-state index >= 15 is 0 Å². The molecule has 3 N–H and O–H groups in total. The van der Waals surface area contributed by atoms with E-state index in [1.54, 1.807) is 0 Å². The molecule has 0 saturated carbocycles. The van der Waals surface area contributed by atoms with Crippen molar-refractivity contribution in [3.63, 3.8) is 0 Å². The van der Waals surface area contributed by atoms with Crippen LogP contribution in [0.15, 0.2) is 0 Å². The maximum Gasteiger partial charge on any atom is 0.0480 e. The van der Waals surface area contributed by atoms with Crippen LogP contribution in [0.1, 0.15) is 32.1 Å². The van der Waals surface area contributed by atoms with Gasteiger partial charge in [0.2, 0.25) is 0 Å². The maximum absolute atomic E-state index is 8.95. The van der Waals surface area contributed by atoms with Crippen molar-refractivity contribution in [3.8, 4) is 0 Å². The minimum absolute atomic E-state index is 0.293. The van der Waals surface area contributed by atoms with Gasteiger partial charge in [0, 0.05) is 37.9 Å². The summed E-state index contributed by atoms with van der Waals surface area (Å²) >= 11 is 0. The molecule has 2 fully saturated rings. The van der Waals surface area contributed by atoms with Crippen LogP contribution < -0.4 is 10.6 Å². The summed E-state index contributed by atoms with van der Waals surface area (Å²) in [6.07, 6.45) is 5.53. The Morgan fingerprint density at radius 2 is 2.00 bits per heavy atom. The topological polar surface area (TPSA) is 53.5 Å². The van der Waals surface area contributed by atoms with Crippen LogP contribution in [-0.4, -0.2) is 49.6 Å². The molecule has 4 heteroatoms. The second kappa shape index (κ2) is 6.55. The second-order valence-corrected chi connectivity index (χ2v) is 4.94. The lowest BCUT2D eigenvalue weighted by molar-refractivity contribution is 0.0723. The first kappa shape index (κ1) is 12.3. The number of ether oxygens (including phenoxy) is 1. The summed E-state index contributed by atoms with van der Waals surface area (Å²) in [6.45, 7) is 3.18. The van der Waals surface area contributed by atoms with Crippen molar-refractivity contribution in [2.24, 2.45) is 0 Å². The third-order valence-electron chi connectivity index (χ3n) is 3.67. The summed E-state index contributed by atoms with van der Waals surface area (Å²) in [5.41, 5.74) is 0. The molecule has 0 bridgehead atoms. The fourth-order valence-corrected chi connectivity index (χ4v) is 2.73. The lowest BCUT2D eigenvalue weighted by atomic mass is 9.95. The Morgan fingerprint density at radius 3 is 2.75 bits per heavy atom. The minimum Gasteiger partial charge on any atom is -0.396 e. The Bertz CT molecular complexity index is 193. The van der Waals surface area contributed by atoms with Gasteiger partial charge in [-0.25, -0.2) is 0 Å². The van der Waals surface area contributed by atoms with Crippen LogP contribution in [0.4, 0.5) is 0 Å². The Balaban J connectivity index is 1.71. The zero-order valence-corrected chi connectivity index (χ0v) is 9.95. The Labute approximate surface area is 97.7 Å². The molecule has 0 aromatic rings. The van der Waals surface area contributed by atoms with Crippen LogP contribution in [0.2, 0.25) is 0 Å². The maximum atomic E-state index is 8.95. The third-order valence-corrected chi connectivity index (χ3v) is 3.67. The summed E-state index contributed by atoms with van der Waals surface area (Å²) in [4.78, 5) is 0.